The standard InChI is InChI=1S/C15H22N2O4/c1-3-4-21-15-8-12(7-13(9-15)17(19)20)16(2)10-11-5-14(18)6-11/h7-9,11,14,18H,3-6,10H2,1-2H3. The minimum atomic E-state index is -0.400. The molecule has 1 aromatic rings. The van der Waals surface area contributed by atoms with E-state index in [0.717, 1.165) is 31.5 Å². The number of hydrogen-bond acceptors (Lipinski definition) is 5. The van der Waals surface area contributed by atoms with Gasteiger partial charge >= 0.3 is 0 Å². The summed E-state index contributed by atoms with van der Waals surface area (Å²) < 4.78 is 5.53. The largest absolute Gasteiger partial charge is 0.493 e. The van der Waals surface area contributed by atoms with Gasteiger partial charge in [0.1, 0.15) is 5.75 Å². The molecular formula is C15H22N2O4. The zero-order valence-corrected chi connectivity index (χ0v) is 12.5. The van der Waals surface area contributed by atoms with E-state index in [4.69, 9.17) is 4.74 Å². The van der Waals surface area contributed by atoms with Crippen molar-refractivity contribution < 1.29 is 14.8 Å². The van der Waals surface area contributed by atoms with Gasteiger partial charge in [-0.2, -0.15) is 0 Å². The van der Waals surface area contributed by atoms with Gasteiger partial charge in [0.25, 0.3) is 5.69 Å². The normalized spacial score (nSPS) is 20.7. The first-order valence-corrected chi connectivity index (χ1v) is 7.31. The van der Waals surface area contributed by atoms with Gasteiger partial charge in [0, 0.05) is 31.4 Å². The molecular weight excluding hydrogens is 272 g/mol. The maximum atomic E-state index is 11.0. The van der Waals surface area contributed by atoms with E-state index in [-0.39, 0.29) is 11.8 Å². The fraction of sp³-hybridized carbons (Fsp3) is 0.600. The molecule has 0 aliphatic heterocycles. The molecule has 0 saturated heterocycles. The van der Waals surface area contributed by atoms with E-state index in [1.807, 2.05) is 24.9 Å². The minimum Gasteiger partial charge on any atom is -0.493 e. The van der Waals surface area contributed by atoms with Crippen molar-refractivity contribution >= 4 is 11.4 Å². The Bertz CT molecular complexity index is 500. The van der Waals surface area contributed by atoms with Gasteiger partial charge in [-0.15, -0.1) is 0 Å². The average Bonchev–Trinajstić information content (AvgIpc) is 2.43. The van der Waals surface area contributed by atoms with Gasteiger partial charge < -0.3 is 14.7 Å². The molecule has 1 saturated carbocycles. The van der Waals surface area contributed by atoms with Crippen LogP contribution in [-0.2, 0) is 0 Å². The topological polar surface area (TPSA) is 75.8 Å². The monoisotopic (exact) mass is 294 g/mol. The molecule has 0 amide bonds. The van der Waals surface area contributed by atoms with Gasteiger partial charge in [0.05, 0.1) is 23.7 Å². The van der Waals surface area contributed by atoms with Crippen molar-refractivity contribution in [2.45, 2.75) is 32.3 Å². The number of nitro benzene ring substituents is 1. The molecule has 0 bridgehead atoms. The summed E-state index contributed by atoms with van der Waals surface area (Å²) in [5.74, 6) is 0.978. The Balaban J connectivity index is 2.12. The molecule has 0 radical (unpaired) electrons. The summed E-state index contributed by atoms with van der Waals surface area (Å²) in [6, 6.07) is 4.85. The zero-order valence-electron chi connectivity index (χ0n) is 12.5. The van der Waals surface area contributed by atoms with E-state index in [1.54, 1.807) is 6.07 Å². The molecule has 1 aromatic carbocycles. The smallest absolute Gasteiger partial charge is 0.275 e. The van der Waals surface area contributed by atoms with Gasteiger partial charge in [-0.1, -0.05) is 6.92 Å². The number of hydrogen-bond donors (Lipinski definition) is 1. The van der Waals surface area contributed by atoms with Crippen molar-refractivity contribution in [1.29, 1.82) is 0 Å². The van der Waals surface area contributed by atoms with E-state index in [2.05, 4.69) is 0 Å². The lowest BCUT2D eigenvalue weighted by atomic mass is 9.82. The minimum absolute atomic E-state index is 0.0408. The Morgan fingerprint density at radius 3 is 2.71 bits per heavy atom. The van der Waals surface area contributed by atoms with Crippen molar-refractivity contribution in [1.82, 2.24) is 0 Å². The Hall–Kier alpha value is -1.82. The lowest BCUT2D eigenvalue weighted by Crippen LogP contribution is -2.37. The molecule has 1 N–H and O–H groups in total. The zero-order chi connectivity index (χ0) is 15.4. The molecule has 6 heteroatoms. The highest BCUT2D eigenvalue weighted by Gasteiger charge is 2.28. The van der Waals surface area contributed by atoms with Crippen molar-refractivity contribution in [2.24, 2.45) is 5.92 Å². The first-order valence-electron chi connectivity index (χ1n) is 7.31. The highest BCUT2D eigenvalue weighted by molar-refractivity contribution is 5.57. The summed E-state index contributed by atoms with van der Waals surface area (Å²) in [5, 5.41) is 20.4. The molecule has 2 rings (SSSR count). The van der Waals surface area contributed by atoms with Gasteiger partial charge in [-0.3, -0.25) is 10.1 Å². The molecule has 0 spiro atoms. The van der Waals surface area contributed by atoms with Crippen LogP contribution in [0.5, 0.6) is 5.75 Å². The average molecular weight is 294 g/mol. The first kappa shape index (κ1) is 15.6. The summed E-state index contributed by atoms with van der Waals surface area (Å²) in [5.41, 5.74) is 0.816. The Morgan fingerprint density at radius 1 is 1.43 bits per heavy atom. The van der Waals surface area contributed by atoms with Crippen molar-refractivity contribution in [2.75, 3.05) is 25.1 Å². The number of non-ortho nitro benzene ring substituents is 1. The van der Waals surface area contributed by atoms with E-state index in [1.165, 1.54) is 6.07 Å². The number of ether oxygens (including phenoxy) is 1. The second-order valence-corrected chi connectivity index (χ2v) is 5.66. The third kappa shape index (κ3) is 4.07. The molecule has 6 nitrogen and oxygen atoms in total. The van der Waals surface area contributed by atoms with Crippen LogP contribution in [0.25, 0.3) is 0 Å². The number of nitrogens with zero attached hydrogens (tertiary/aromatic N) is 2. The van der Waals surface area contributed by atoms with E-state index < -0.39 is 4.92 Å². The Labute approximate surface area is 124 Å². The summed E-state index contributed by atoms with van der Waals surface area (Å²) in [4.78, 5) is 12.6. The van der Waals surface area contributed by atoms with E-state index in [0.29, 0.717) is 18.3 Å². The summed E-state index contributed by atoms with van der Waals surface area (Å²) >= 11 is 0. The van der Waals surface area contributed by atoms with E-state index >= 15 is 0 Å². The molecule has 1 aliphatic rings. The molecule has 0 aromatic heterocycles. The fourth-order valence-corrected chi connectivity index (χ4v) is 2.54. The highest BCUT2D eigenvalue weighted by atomic mass is 16.6. The van der Waals surface area contributed by atoms with Gasteiger partial charge in [-0.25, -0.2) is 0 Å². The molecule has 0 heterocycles. The summed E-state index contributed by atoms with van der Waals surface area (Å²) in [7, 11) is 1.91. The lowest BCUT2D eigenvalue weighted by Gasteiger charge is -2.35. The fourth-order valence-electron chi connectivity index (χ4n) is 2.54. The van der Waals surface area contributed by atoms with Crippen LogP contribution in [0.4, 0.5) is 11.4 Å². The van der Waals surface area contributed by atoms with Gasteiger partial charge in [-0.05, 0) is 25.2 Å². The number of aliphatic hydroxyl groups is 1. The van der Waals surface area contributed by atoms with Crippen molar-refractivity contribution in [3.05, 3.63) is 28.3 Å². The number of nitro groups is 1. The molecule has 21 heavy (non-hydrogen) atoms. The Morgan fingerprint density at radius 2 is 2.14 bits per heavy atom. The molecule has 0 atom stereocenters. The van der Waals surface area contributed by atoms with Crippen molar-refractivity contribution in [3.8, 4) is 5.75 Å². The maximum absolute atomic E-state index is 11.0. The van der Waals surface area contributed by atoms with Crippen LogP contribution in [0.15, 0.2) is 18.2 Å². The third-order valence-electron chi connectivity index (χ3n) is 3.74. The summed E-state index contributed by atoms with van der Waals surface area (Å²) in [6.45, 7) is 3.32. The van der Waals surface area contributed by atoms with Gasteiger partial charge in [0.2, 0.25) is 0 Å². The second kappa shape index (κ2) is 6.76. The Kier molecular flexibility index (Phi) is 5.01. The quantitative estimate of drug-likeness (QED) is 0.618. The number of aliphatic hydroxyl groups excluding tert-OH is 1. The van der Waals surface area contributed by atoms with Crippen LogP contribution in [0, 0.1) is 16.0 Å². The SMILES string of the molecule is CCCOc1cc(N(C)CC2CC(O)C2)cc([N+](=O)[O-])c1. The van der Waals surface area contributed by atoms with Crippen LogP contribution in [0.2, 0.25) is 0 Å². The highest BCUT2D eigenvalue weighted by Crippen LogP contribution is 2.32. The van der Waals surface area contributed by atoms with Crippen LogP contribution in [0.3, 0.4) is 0 Å². The first-order chi connectivity index (χ1) is 9.99. The van der Waals surface area contributed by atoms with Crippen LogP contribution >= 0.6 is 0 Å². The molecule has 116 valence electrons. The molecule has 1 fully saturated rings. The predicted octanol–water partition coefficient (Wildman–Crippen LogP) is 2.59. The lowest BCUT2D eigenvalue weighted by molar-refractivity contribution is -0.384. The second-order valence-electron chi connectivity index (χ2n) is 5.66. The third-order valence-corrected chi connectivity index (χ3v) is 3.74. The van der Waals surface area contributed by atoms with Crippen LogP contribution in [0.1, 0.15) is 26.2 Å². The molecule has 1 aliphatic carbocycles. The van der Waals surface area contributed by atoms with Crippen LogP contribution < -0.4 is 9.64 Å². The van der Waals surface area contributed by atoms with Gasteiger partial charge in [0.15, 0.2) is 0 Å². The maximum Gasteiger partial charge on any atom is 0.275 e. The molecule has 0 unspecified atom stereocenters. The number of anilines is 1. The predicted molar refractivity (Wildman–Crippen MR) is 80.9 cm³/mol. The van der Waals surface area contributed by atoms with E-state index in [9.17, 15) is 15.2 Å². The van der Waals surface area contributed by atoms with Crippen molar-refractivity contribution in [3.63, 3.8) is 0 Å². The number of benzene rings is 1. The van der Waals surface area contributed by atoms with Crippen LogP contribution in [-0.4, -0.2) is 36.3 Å². The summed E-state index contributed by atoms with van der Waals surface area (Å²) in [6.07, 6.45) is 2.28. The number of rotatable bonds is 7.